The molecule has 13 nitrogen and oxygen atoms in total. The predicted octanol–water partition coefficient (Wildman–Crippen LogP) is 1.82. The van der Waals surface area contributed by atoms with Crippen LogP contribution in [0.3, 0.4) is 0 Å². The molecule has 2 aromatic rings. The van der Waals surface area contributed by atoms with Crippen molar-refractivity contribution in [2.45, 2.75) is 84.0 Å². The standard InChI is InChI=1S/C33H47N7O6/c1-19(2)16-26(28(42)39-24(27(41)36-6)12-9-14-37-32(34)35)38-25(31(45)46-33(3,4)5)13-15-40-29(43)22-17-20-10-7-8-11-21(20)18-23(22)30(40)44/h7-8,10-11,17-19,24-26,38H,9,12-16H2,1-6H3,(H,36,41)(H,39,42)(H4,34,35,37)/t24-,25+,26-/m0/s1. The minimum atomic E-state index is -1.04. The lowest BCUT2D eigenvalue weighted by molar-refractivity contribution is -0.158. The zero-order valence-corrected chi connectivity index (χ0v) is 27.5. The lowest BCUT2D eigenvalue weighted by atomic mass is 10.00. The number of fused-ring (bicyclic) bond motifs is 2. The van der Waals surface area contributed by atoms with Crippen LogP contribution in [0.15, 0.2) is 41.4 Å². The minimum absolute atomic E-state index is 0.000827. The smallest absolute Gasteiger partial charge is 0.323 e. The van der Waals surface area contributed by atoms with Gasteiger partial charge in [-0.25, -0.2) is 0 Å². The second-order valence-electron chi connectivity index (χ2n) is 12.9. The number of aliphatic imine (C=N–C) groups is 1. The molecule has 0 bridgehead atoms. The van der Waals surface area contributed by atoms with Gasteiger partial charge in [-0.3, -0.25) is 39.2 Å². The number of ether oxygens (including phenoxy) is 1. The molecule has 1 heterocycles. The highest BCUT2D eigenvalue weighted by atomic mass is 16.6. The van der Waals surface area contributed by atoms with Crippen molar-refractivity contribution in [3.8, 4) is 0 Å². The Bertz CT molecular complexity index is 1420. The largest absolute Gasteiger partial charge is 0.459 e. The SMILES string of the molecule is CNC(=O)[C@H](CCCN=C(N)N)NC(=O)[C@H](CC(C)C)N[C@H](CCN1C(=O)c2cc3ccccc3cc2C1=O)C(=O)OC(C)(C)C. The second kappa shape index (κ2) is 15.7. The van der Waals surface area contributed by atoms with Gasteiger partial charge in [0.05, 0.1) is 17.2 Å². The Morgan fingerprint density at radius 2 is 1.50 bits per heavy atom. The molecule has 0 radical (unpaired) electrons. The van der Waals surface area contributed by atoms with Gasteiger partial charge in [0, 0.05) is 20.1 Å². The number of nitrogens with two attached hydrogens (primary N) is 2. The second-order valence-corrected chi connectivity index (χ2v) is 12.9. The van der Waals surface area contributed by atoms with E-state index in [1.807, 2.05) is 38.1 Å². The molecule has 1 aliphatic heterocycles. The minimum Gasteiger partial charge on any atom is -0.459 e. The number of hydrogen-bond acceptors (Lipinski definition) is 8. The summed E-state index contributed by atoms with van der Waals surface area (Å²) >= 11 is 0. The van der Waals surface area contributed by atoms with Crippen LogP contribution in [-0.2, 0) is 19.1 Å². The van der Waals surface area contributed by atoms with Crippen LogP contribution in [0.25, 0.3) is 10.8 Å². The number of hydrogen-bond donors (Lipinski definition) is 5. The van der Waals surface area contributed by atoms with Crippen LogP contribution in [0.2, 0.25) is 0 Å². The van der Waals surface area contributed by atoms with Gasteiger partial charge in [-0.1, -0.05) is 38.1 Å². The molecule has 250 valence electrons. The first-order valence-corrected chi connectivity index (χ1v) is 15.6. The molecule has 0 unspecified atom stereocenters. The van der Waals surface area contributed by atoms with E-state index in [0.717, 1.165) is 15.7 Å². The molecule has 2 aromatic carbocycles. The summed E-state index contributed by atoms with van der Waals surface area (Å²) in [4.78, 5) is 71.4. The number of carbonyl (C=O) groups is 5. The molecule has 4 amide bonds. The summed E-state index contributed by atoms with van der Waals surface area (Å²) in [5.41, 5.74) is 10.6. The monoisotopic (exact) mass is 637 g/mol. The van der Waals surface area contributed by atoms with Crippen molar-refractivity contribution in [1.29, 1.82) is 0 Å². The van der Waals surface area contributed by atoms with Crippen LogP contribution in [0.5, 0.6) is 0 Å². The first kappa shape index (κ1) is 36.0. The van der Waals surface area contributed by atoms with E-state index < -0.39 is 47.4 Å². The van der Waals surface area contributed by atoms with E-state index in [2.05, 4.69) is 20.9 Å². The maximum absolute atomic E-state index is 13.6. The molecular formula is C33H47N7O6. The Morgan fingerprint density at radius 1 is 0.913 bits per heavy atom. The zero-order chi connectivity index (χ0) is 34.2. The molecule has 0 aromatic heterocycles. The molecule has 0 fully saturated rings. The number of imide groups is 1. The van der Waals surface area contributed by atoms with Gasteiger partial charge in [0.15, 0.2) is 5.96 Å². The molecule has 0 spiro atoms. The number of carbonyl (C=O) groups excluding carboxylic acids is 5. The highest BCUT2D eigenvalue weighted by Crippen LogP contribution is 2.28. The first-order valence-electron chi connectivity index (χ1n) is 15.6. The van der Waals surface area contributed by atoms with Crippen molar-refractivity contribution in [1.82, 2.24) is 20.9 Å². The summed E-state index contributed by atoms with van der Waals surface area (Å²) in [7, 11) is 1.47. The van der Waals surface area contributed by atoms with E-state index in [1.165, 1.54) is 7.05 Å². The summed E-state index contributed by atoms with van der Waals surface area (Å²) in [6, 6.07) is 8.07. The molecule has 7 N–H and O–H groups in total. The Hall–Kier alpha value is -4.52. The van der Waals surface area contributed by atoms with E-state index in [0.29, 0.717) is 24.0 Å². The van der Waals surface area contributed by atoms with Gasteiger partial charge >= 0.3 is 5.97 Å². The average Bonchev–Trinajstić information content (AvgIpc) is 3.20. The van der Waals surface area contributed by atoms with Gasteiger partial charge in [0.25, 0.3) is 11.8 Å². The van der Waals surface area contributed by atoms with Crippen LogP contribution in [0.4, 0.5) is 0 Å². The Kier molecular flexibility index (Phi) is 12.2. The Labute approximate surface area is 269 Å². The summed E-state index contributed by atoms with van der Waals surface area (Å²) in [6.45, 7) is 9.24. The fourth-order valence-corrected chi connectivity index (χ4v) is 5.26. The fourth-order valence-electron chi connectivity index (χ4n) is 5.26. The molecule has 3 atom stereocenters. The predicted molar refractivity (Wildman–Crippen MR) is 176 cm³/mol. The van der Waals surface area contributed by atoms with E-state index in [9.17, 15) is 24.0 Å². The van der Waals surface area contributed by atoms with Gasteiger partial charge in [-0.15, -0.1) is 0 Å². The third-order valence-electron chi connectivity index (χ3n) is 7.42. The maximum atomic E-state index is 13.6. The third kappa shape index (κ3) is 9.74. The molecule has 1 aliphatic rings. The highest BCUT2D eigenvalue weighted by molar-refractivity contribution is 6.23. The number of rotatable bonds is 15. The summed E-state index contributed by atoms with van der Waals surface area (Å²) < 4.78 is 5.67. The van der Waals surface area contributed by atoms with Crippen LogP contribution in [-0.4, -0.2) is 84.3 Å². The van der Waals surface area contributed by atoms with Crippen molar-refractivity contribution < 1.29 is 28.7 Å². The van der Waals surface area contributed by atoms with Gasteiger partial charge in [-0.05, 0) is 75.3 Å². The molecule has 46 heavy (non-hydrogen) atoms. The number of nitrogens with one attached hydrogen (secondary N) is 3. The number of likely N-dealkylation sites (N-methyl/N-ethyl adjacent to an activating group) is 1. The van der Waals surface area contributed by atoms with Crippen LogP contribution in [0, 0.1) is 5.92 Å². The highest BCUT2D eigenvalue weighted by Gasteiger charge is 2.38. The normalized spacial score (nSPS) is 14.9. The van der Waals surface area contributed by atoms with Crippen molar-refractivity contribution in [2.75, 3.05) is 20.1 Å². The number of guanidine groups is 1. The van der Waals surface area contributed by atoms with E-state index in [1.54, 1.807) is 32.9 Å². The summed E-state index contributed by atoms with van der Waals surface area (Å²) in [5.74, 6) is -2.42. The number of esters is 1. The lowest BCUT2D eigenvalue weighted by Gasteiger charge is -2.30. The van der Waals surface area contributed by atoms with Gasteiger partial charge < -0.3 is 26.8 Å². The van der Waals surface area contributed by atoms with Gasteiger partial charge in [0.1, 0.15) is 17.7 Å². The lowest BCUT2D eigenvalue weighted by Crippen LogP contribution is -2.56. The van der Waals surface area contributed by atoms with Crippen LogP contribution >= 0.6 is 0 Å². The van der Waals surface area contributed by atoms with Gasteiger partial charge in [0.2, 0.25) is 11.8 Å². The van der Waals surface area contributed by atoms with Crippen molar-refractivity contribution in [3.05, 3.63) is 47.5 Å². The Morgan fingerprint density at radius 3 is 2.00 bits per heavy atom. The zero-order valence-electron chi connectivity index (χ0n) is 27.5. The topological polar surface area (TPSA) is 198 Å². The van der Waals surface area contributed by atoms with Crippen molar-refractivity contribution >= 4 is 46.3 Å². The fraction of sp³-hybridized carbons (Fsp3) is 0.515. The maximum Gasteiger partial charge on any atom is 0.323 e. The molecule has 3 rings (SSSR count). The summed E-state index contributed by atoms with van der Waals surface area (Å²) in [5, 5.41) is 10.2. The van der Waals surface area contributed by atoms with E-state index in [-0.39, 0.29) is 43.7 Å². The molecule has 0 saturated heterocycles. The number of nitrogens with zero attached hydrogens (tertiary/aromatic N) is 2. The van der Waals surface area contributed by atoms with Crippen molar-refractivity contribution in [3.63, 3.8) is 0 Å². The van der Waals surface area contributed by atoms with E-state index >= 15 is 0 Å². The Balaban J connectivity index is 1.81. The molecular weight excluding hydrogens is 590 g/mol. The number of amides is 4. The summed E-state index contributed by atoms with van der Waals surface area (Å²) in [6.07, 6.45) is 1.05. The van der Waals surface area contributed by atoms with Gasteiger partial charge in [-0.2, -0.15) is 0 Å². The quantitative estimate of drug-likeness (QED) is 0.0636. The molecule has 13 heteroatoms. The third-order valence-corrected chi connectivity index (χ3v) is 7.42. The molecule has 0 saturated carbocycles. The van der Waals surface area contributed by atoms with E-state index in [4.69, 9.17) is 16.2 Å². The first-order chi connectivity index (χ1) is 21.6. The number of benzene rings is 2. The van der Waals surface area contributed by atoms with Crippen LogP contribution in [0.1, 0.15) is 81.0 Å². The molecule has 0 aliphatic carbocycles. The van der Waals surface area contributed by atoms with Crippen molar-refractivity contribution in [2.24, 2.45) is 22.4 Å². The average molecular weight is 638 g/mol. The van der Waals surface area contributed by atoms with Crippen LogP contribution < -0.4 is 27.4 Å².